The fourth-order valence-electron chi connectivity index (χ4n) is 1.86. The minimum atomic E-state index is -0.208. The molecular weight excluding hydrogens is 216 g/mol. The largest absolute Gasteiger partial charge is 0.319 e. The van der Waals surface area contributed by atoms with Crippen molar-refractivity contribution >= 4 is 11.3 Å². The minimum absolute atomic E-state index is 0.208. The normalized spacial score (nSPS) is 12.1. The summed E-state index contributed by atoms with van der Waals surface area (Å²) in [6.45, 7) is 8.70. The number of thiazole rings is 1. The number of aromatic nitrogens is 1. The van der Waals surface area contributed by atoms with Gasteiger partial charge in [-0.1, -0.05) is 34.1 Å². The first-order valence-electron chi connectivity index (χ1n) is 6.39. The number of aryl methyl sites for hydroxylation is 2. The Morgan fingerprint density at radius 1 is 1.19 bits per heavy atom. The van der Waals surface area contributed by atoms with Gasteiger partial charge in [-0.25, -0.2) is 4.98 Å². The molecule has 0 radical (unpaired) electrons. The molecule has 1 aromatic rings. The van der Waals surface area contributed by atoms with E-state index in [2.05, 4.69) is 27.7 Å². The van der Waals surface area contributed by atoms with Crippen LogP contribution in [0.25, 0.3) is 0 Å². The molecule has 1 rings (SSSR count). The lowest BCUT2D eigenvalue weighted by Gasteiger charge is -2.23. The Labute approximate surface area is 103 Å². The maximum Gasteiger partial charge on any atom is 0.113 e. The van der Waals surface area contributed by atoms with Crippen LogP contribution in [0.1, 0.15) is 62.5 Å². The molecule has 0 aliphatic heterocycles. The third-order valence-electron chi connectivity index (χ3n) is 3.27. The number of rotatable bonds is 6. The van der Waals surface area contributed by atoms with E-state index < -0.39 is 0 Å². The van der Waals surface area contributed by atoms with E-state index in [4.69, 9.17) is 10.7 Å². The zero-order valence-corrected chi connectivity index (χ0v) is 11.8. The summed E-state index contributed by atoms with van der Waals surface area (Å²) in [6.07, 6.45) is 5.25. The zero-order valence-electron chi connectivity index (χ0n) is 11.0. The fourth-order valence-corrected chi connectivity index (χ4v) is 3.15. The SMILES string of the molecule is CCCc1nc(C(N)(CC)CC)sc1CC. The summed E-state index contributed by atoms with van der Waals surface area (Å²) < 4.78 is 0. The number of hydrogen-bond donors (Lipinski definition) is 1. The third-order valence-corrected chi connectivity index (χ3v) is 4.74. The molecule has 16 heavy (non-hydrogen) atoms. The third kappa shape index (κ3) is 2.64. The maximum atomic E-state index is 6.40. The zero-order chi connectivity index (χ0) is 12.2. The lowest BCUT2D eigenvalue weighted by Crippen LogP contribution is -2.34. The molecule has 0 aliphatic rings. The van der Waals surface area contributed by atoms with Crippen molar-refractivity contribution in [3.05, 3.63) is 15.6 Å². The molecule has 3 heteroatoms. The maximum absolute atomic E-state index is 6.40. The predicted octanol–water partition coefficient (Wildman–Crippen LogP) is 3.63. The summed E-state index contributed by atoms with van der Waals surface area (Å²) in [6, 6.07) is 0. The molecule has 92 valence electrons. The van der Waals surface area contributed by atoms with E-state index >= 15 is 0 Å². The molecule has 0 unspecified atom stereocenters. The first kappa shape index (κ1) is 13.7. The van der Waals surface area contributed by atoms with Gasteiger partial charge < -0.3 is 5.73 Å². The topological polar surface area (TPSA) is 38.9 Å². The van der Waals surface area contributed by atoms with Crippen LogP contribution in [0.4, 0.5) is 0 Å². The number of nitrogens with zero attached hydrogens (tertiary/aromatic N) is 1. The van der Waals surface area contributed by atoms with Crippen molar-refractivity contribution in [3.8, 4) is 0 Å². The second kappa shape index (κ2) is 5.78. The Morgan fingerprint density at radius 3 is 2.25 bits per heavy atom. The highest BCUT2D eigenvalue weighted by Gasteiger charge is 2.27. The summed E-state index contributed by atoms with van der Waals surface area (Å²) in [4.78, 5) is 6.20. The lowest BCUT2D eigenvalue weighted by molar-refractivity contribution is 0.410. The van der Waals surface area contributed by atoms with E-state index in [0.29, 0.717) is 0 Å². The molecule has 0 fully saturated rings. The molecule has 0 saturated heterocycles. The molecule has 0 bridgehead atoms. The van der Waals surface area contributed by atoms with Crippen LogP contribution < -0.4 is 5.73 Å². The van der Waals surface area contributed by atoms with Gasteiger partial charge in [-0.05, 0) is 25.7 Å². The van der Waals surface area contributed by atoms with Crippen molar-refractivity contribution in [1.29, 1.82) is 0 Å². The van der Waals surface area contributed by atoms with Crippen LogP contribution in [0.3, 0.4) is 0 Å². The van der Waals surface area contributed by atoms with Crippen LogP contribution in [0.15, 0.2) is 0 Å². The summed E-state index contributed by atoms with van der Waals surface area (Å²) >= 11 is 1.82. The van der Waals surface area contributed by atoms with Gasteiger partial charge in [-0.2, -0.15) is 0 Å². The Morgan fingerprint density at radius 2 is 1.81 bits per heavy atom. The monoisotopic (exact) mass is 240 g/mol. The molecular formula is C13H24N2S. The molecule has 0 spiro atoms. The van der Waals surface area contributed by atoms with Crippen molar-refractivity contribution in [1.82, 2.24) is 4.98 Å². The molecule has 1 heterocycles. The summed E-state index contributed by atoms with van der Waals surface area (Å²) in [5.41, 5.74) is 7.47. The van der Waals surface area contributed by atoms with Gasteiger partial charge >= 0.3 is 0 Å². The van der Waals surface area contributed by atoms with E-state index in [-0.39, 0.29) is 5.54 Å². The van der Waals surface area contributed by atoms with Crippen LogP contribution in [-0.4, -0.2) is 4.98 Å². The Kier molecular flexibility index (Phi) is 4.93. The Hall–Kier alpha value is -0.410. The van der Waals surface area contributed by atoms with Crippen LogP contribution in [0.2, 0.25) is 0 Å². The van der Waals surface area contributed by atoms with E-state index in [1.54, 1.807) is 0 Å². The molecule has 0 aromatic carbocycles. The van der Waals surface area contributed by atoms with E-state index in [0.717, 1.165) is 37.1 Å². The highest BCUT2D eigenvalue weighted by Crippen LogP contribution is 2.32. The van der Waals surface area contributed by atoms with Crippen molar-refractivity contribution < 1.29 is 0 Å². The Balaban J connectivity index is 3.06. The summed E-state index contributed by atoms with van der Waals surface area (Å²) in [5.74, 6) is 0. The van der Waals surface area contributed by atoms with Crippen molar-refractivity contribution in [2.24, 2.45) is 5.73 Å². The predicted molar refractivity (Wildman–Crippen MR) is 71.9 cm³/mol. The van der Waals surface area contributed by atoms with Gasteiger partial charge in [0.05, 0.1) is 11.2 Å². The average molecular weight is 240 g/mol. The Bertz CT molecular complexity index is 327. The van der Waals surface area contributed by atoms with Crippen molar-refractivity contribution in [2.45, 2.75) is 65.3 Å². The van der Waals surface area contributed by atoms with Gasteiger partial charge in [0, 0.05) is 4.88 Å². The second-order valence-electron chi connectivity index (χ2n) is 4.36. The standard InChI is InChI=1S/C13H24N2S/c1-5-9-10-11(6-2)16-12(15-10)13(14,7-3)8-4/h5-9,14H2,1-4H3. The highest BCUT2D eigenvalue weighted by atomic mass is 32.1. The second-order valence-corrected chi connectivity index (χ2v) is 5.44. The van der Waals surface area contributed by atoms with Gasteiger partial charge in [0.1, 0.15) is 5.01 Å². The summed E-state index contributed by atoms with van der Waals surface area (Å²) in [5, 5.41) is 1.14. The first-order chi connectivity index (χ1) is 7.61. The van der Waals surface area contributed by atoms with E-state index in [9.17, 15) is 0 Å². The van der Waals surface area contributed by atoms with Gasteiger partial charge in [0.25, 0.3) is 0 Å². The van der Waals surface area contributed by atoms with Gasteiger partial charge in [-0.3, -0.25) is 0 Å². The molecule has 0 saturated carbocycles. The molecule has 2 N–H and O–H groups in total. The molecule has 2 nitrogen and oxygen atoms in total. The fraction of sp³-hybridized carbons (Fsp3) is 0.769. The highest BCUT2D eigenvalue weighted by molar-refractivity contribution is 7.11. The van der Waals surface area contributed by atoms with Crippen LogP contribution in [0, 0.1) is 0 Å². The molecule has 1 aromatic heterocycles. The molecule has 0 atom stereocenters. The van der Waals surface area contributed by atoms with Crippen molar-refractivity contribution in [2.75, 3.05) is 0 Å². The minimum Gasteiger partial charge on any atom is -0.319 e. The lowest BCUT2D eigenvalue weighted by atomic mass is 9.95. The van der Waals surface area contributed by atoms with Gasteiger partial charge in [0.15, 0.2) is 0 Å². The quantitative estimate of drug-likeness (QED) is 0.824. The van der Waals surface area contributed by atoms with Gasteiger partial charge in [0.2, 0.25) is 0 Å². The van der Waals surface area contributed by atoms with Crippen LogP contribution in [0.5, 0.6) is 0 Å². The number of hydrogen-bond acceptors (Lipinski definition) is 3. The van der Waals surface area contributed by atoms with Crippen LogP contribution in [-0.2, 0) is 18.4 Å². The van der Waals surface area contributed by atoms with Gasteiger partial charge in [-0.15, -0.1) is 11.3 Å². The summed E-state index contributed by atoms with van der Waals surface area (Å²) in [7, 11) is 0. The van der Waals surface area contributed by atoms with E-state index in [1.165, 1.54) is 10.6 Å². The molecule has 0 aliphatic carbocycles. The van der Waals surface area contributed by atoms with E-state index in [1.807, 2.05) is 11.3 Å². The number of nitrogens with two attached hydrogens (primary N) is 1. The first-order valence-corrected chi connectivity index (χ1v) is 7.20. The smallest absolute Gasteiger partial charge is 0.113 e. The van der Waals surface area contributed by atoms with Crippen LogP contribution >= 0.6 is 11.3 Å². The average Bonchev–Trinajstić information content (AvgIpc) is 2.72. The van der Waals surface area contributed by atoms with Crippen molar-refractivity contribution in [3.63, 3.8) is 0 Å². The molecule has 0 amide bonds.